The first kappa shape index (κ1) is 9.68. The van der Waals surface area contributed by atoms with Gasteiger partial charge in [0.15, 0.2) is 4.77 Å². The summed E-state index contributed by atoms with van der Waals surface area (Å²) in [4.78, 5) is 16.4. The smallest absolute Gasteiger partial charge is 0.269 e. The summed E-state index contributed by atoms with van der Waals surface area (Å²) in [5.74, 6) is 0. The Morgan fingerprint density at radius 3 is 2.77 bits per heavy atom. The van der Waals surface area contributed by atoms with Crippen molar-refractivity contribution in [3.63, 3.8) is 0 Å². The normalized spacial score (nSPS) is 9.54. The molecular weight excluding hydrogens is 186 g/mol. The Labute approximate surface area is 80.2 Å². The first-order chi connectivity index (χ1) is 6.19. The zero-order chi connectivity index (χ0) is 9.84. The van der Waals surface area contributed by atoms with Crippen molar-refractivity contribution in [3.8, 4) is 6.07 Å². The van der Waals surface area contributed by atoms with Crippen LogP contribution >= 0.6 is 12.2 Å². The number of nitrogens with zero attached hydrogens (tertiary/aromatic N) is 1. The van der Waals surface area contributed by atoms with Gasteiger partial charge in [-0.05, 0) is 18.6 Å². The second-order valence-corrected chi connectivity index (χ2v) is 3.03. The molecule has 68 valence electrons. The van der Waals surface area contributed by atoms with Crippen LogP contribution in [-0.2, 0) is 6.42 Å². The van der Waals surface area contributed by atoms with Crippen LogP contribution < -0.4 is 5.56 Å². The molecule has 2 N–H and O–H groups in total. The molecule has 1 rings (SSSR count). The molecule has 1 heterocycles. The molecule has 0 amide bonds. The Kier molecular flexibility index (Phi) is 2.98. The number of aromatic amines is 2. The van der Waals surface area contributed by atoms with Gasteiger partial charge in [0.25, 0.3) is 5.56 Å². The minimum atomic E-state index is -0.408. The predicted octanol–water partition coefficient (Wildman–Crippen LogP) is 1.26. The second kappa shape index (κ2) is 4.01. The van der Waals surface area contributed by atoms with Crippen molar-refractivity contribution < 1.29 is 0 Å². The van der Waals surface area contributed by atoms with E-state index < -0.39 is 5.56 Å². The monoisotopic (exact) mass is 195 g/mol. The summed E-state index contributed by atoms with van der Waals surface area (Å²) in [6.45, 7) is 1.97. The lowest BCUT2D eigenvalue weighted by atomic mass is 10.1. The third kappa shape index (κ3) is 2.04. The molecular formula is C8H9N3OS. The molecule has 0 radical (unpaired) electrons. The SMILES string of the molecule is CCCc1[nH]c(=S)[nH]c(=O)c1C#N. The topological polar surface area (TPSA) is 72.4 Å². The fourth-order valence-electron chi connectivity index (χ4n) is 1.09. The van der Waals surface area contributed by atoms with Crippen molar-refractivity contribution in [3.05, 3.63) is 26.4 Å². The van der Waals surface area contributed by atoms with E-state index >= 15 is 0 Å². The number of hydrogen-bond donors (Lipinski definition) is 2. The second-order valence-electron chi connectivity index (χ2n) is 2.62. The lowest BCUT2D eigenvalue weighted by Crippen LogP contribution is -2.15. The first-order valence-electron chi connectivity index (χ1n) is 3.94. The summed E-state index contributed by atoms with van der Waals surface area (Å²) < 4.78 is 0.271. The summed E-state index contributed by atoms with van der Waals surface area (Å²) in [5.41, 5.74) is 0.351. The van der Waals surface area contributed by atoms with Crippen LogP contribution in [0.25, 0.3) is 0 Å². The molecule has 0 aliphatic rings. The van der Waals surface area contributed by atoms with Crippen molar-refractivity contribution in [2.24, 2.45) is 0 Å². The van der Waals surface area contributed by atoms with Crippen molar-refractivity contribution in [2.45, 2.75) is 19.8 Å². The lowest BCUT2D eigenvalue weighted by molar-refractivity contribution is 0.854. The van der Waals surface area contributed by atoms with Gasteiger partial charge in [0, 0.05) is 5.69 Å². The van der Waals surface area contributed by atoms with Gasteiger partial charge in [-0.2, -0.15) is 5.26 Å². The van der Waals surface area contributed by atoms with E-state index in [0.29, 0.717) is 12.1 Å². The summed E-state index contributed by atoms with van der Waals surface area (Å²) in [6, 6.07) is 1.85. The van der Waals surface area contributed by atoms with E-state index in [1.54, 1.807) is 0 Å². The van der Waals surface area contributed by atoms with Crippen LogP contribution in [0.15, 0.2) is 4.79 Å². The minimum absolute atomic E-state index is 0.135. The van der Waals surface area contributed by atoms with E-state index in [4.69, 9.17) is 17.5 Å². The van der Waals surface area contributed by atoms with Crippen LogP contribution in [0.5, 0.6) is 0 Å². The Morgan fingerprint density at radius 2 is 2.23 bits per heavy atom. The Hall–Kier alpha value is -1.41. The van der Waals surface area contributed by atoms with Gasteiger partial charge < -0.3 is 4.98 Å². The van der Waals surface area contributed by atoms with Gasteiger partial charge >= 0.3 is 0 Å². The standard InChI is InChI=1S/C8H9N3OS/c1-2-3-6-5(4-9)7(12)11-8(13)10-6/h2-3H2,1H3,(H2,10,11,12,13). The zero-order valence-corrected chi connectivity index (χ0v) is 7.99. The summed E-state index contributed by atoms with van der Waals surface area (Å²) in [5, 5.41) is 8.69. The first-order valence-corrected chi connectivity index (χ1v) is 4.35. The minimum Gasteiger partial charge on any atom is -0.335 e. The van der Waals surface area contributed by atoms with Crippen LogP contribution in [-0.4, -0.2) is 9.97 Å². The molecule has 0 spiro atoms. The van der Waals surface area contributed by atoms with Crippen molar-refractivity contribution >= 4 is 12.2 Å². The van der Waals surface area contributed by atoms with E-state index in [2.05, 4.69) is 9.97 Å². The highest BCUT2D eigenvalue weighted by atomic mass is 32.1. The van der Waals surface area contributed by atoms with Gasteiger partial charge in [0.1, 0.15) is 11.6 Å². The number of nitriles is 1. The van der Waals surface area contributed by atoms with Gasteiger partial charge in [-0.15, -0.1) is 0 Å². The Balaban J connectivity index is 3.41. The van der Waals surface area contributed by atoms with E-state index in [0.717, 1.165) is 6.42 Å². The molecule has 0 fully saturated rings. The molecule has 13 heavy (non-hydrogen) atoms. The van der Waals surface area contributed by atoms with Gasteiger partial charge in [-0.25, -0.2) is 0 Å². The molecule has 1 aromatic heterocycles. The van der Waals surface area contributed by atoms with Gasteiger partial charge in [-0.3, -0.25) is 9.78 Å². The van der Waals surface area contributed by atoms with Gasteiger partial charge in [-0.1, -0.05) is 13.3 Å². The third-order valence-electron chi connectivity index (χ3n) is 1.63. The lowest BCUT2D eigenvalue weighted by Gasteiger charge is -1.99. The molecule has 1 aromatic rings. The number of hydrogen-bond acceptors (Lipinski definition) is 3. The summed E-state index contributed by atoms with van der Waals surface area (Å²) in [6.07, 6.45) is 1.53. The summed E-state index contributed by atoms with van der Waals surface area (Å²) in [7, 11) is 0. The average molecular weight is 195 g/mol. The number of rotatable bonds is 2. The maximum absolute atomic E-state index is 11.2. The molecule has 4 nitrogen and oxygen atoms in total. The molecule has 0 aliphatic carbocycles. The van der Waals surface area contributed by atoms with Gasteiger partial charge in [0.05, 0.1) is 0 Å². The molecule has 0 aromatic carbocycles. The van der Waals surface area contributed by atoms with Crippen LogP contribution in [0.4, 0.5) is 0 Å². The fraction of sp³-hybridized carbons (Fsp3) is 0.375. The van der Waals surface area contributed by atoms with E-state index in [9.17, 15) is 4.79 Å². The Morgan fingerprint density at radius 1 is 1.54 bits per heavy atom. The number of H-pyrrole nitrogens is 2. The maximum Gasteiger partial charge on any atom is 0.269 e. The van der Waals surface area contributed by atoms with Crippen molar-refractivity contribution in [2.75, 3.05) is 0 Å². The molecule has 5 heteroatoms. The number of aromatic nitrogens is 2. The Bertz CT molecular complexity index is 452. The molecule has 0 unspecified atom stereocenters. The van der Waals surface area contributed by atoms with E-state index in [1.807, 2.05) is 13.0 Å². The van der Waals surface area contributed by atoms with Crippen molar-refractivity contribution in [1.82, 2.24) is 9.97 Å². The zero-order valence-electron chi connectivity index (χ0n) is 7.18. The summed E-state index contributed by atoms with van der Waals surface area (Å²) >= 11 is 4.79. The molecule has 0 atom stereocenters. The highest BCUT2D eigenvalue weighted by Gasteiger charge is 2.05. The average Bonchev–Trinajstić information content (AvgIpc) is 2.04. The van der Waals surface area contributed by atoms with Crippen LogP contribution in [0, 0.1) is 16.1 Å². The number of nitrogens with one attached hydrogen (secondary N) is 2. The third-order valence-corrected chi connectivity index (χ3v) is 1.84. The van der Waals surface area contributed by atoms with Gasteiger partial charge in [0.2, 0.25) is 0 Å². The van der Waals surface area contributed by atoms with Crippen LogP contribution in [0.2, 0.25) is 0 Å². The fourth-order valence-corrected chi connectivity index (χ4v) is 1.31. The highest BCUT2D eigenvalue weighted by Crippen LogP contribution is 2.01. The van der Waals surface area contributed by atoms with E-state index in [-0.39, 0.29) is 10.3 Å². The quantitative estimate of drug-likeness (QED) is 0.698. The predicted molar refractivity (Wildman–Crippen MR) is 51.0 cm³/mol. The van der Waals surface area contributed by atoms with Crippen molar-refractivity contribution in [1.29, 1.82) is 5.26 Å². The molecule has 0 saturated heterocycles. The number of aryl methyl sites for hydroxylation is 1. The maximum atomic E-state index is 11.2. The molecule has 0 bridgehead atoms. The van der Waals surface area contributed by atoms with Crippen LogP contribution in [0.1, 0.15) is 24.6 Å². The molecule has 0 aliphatic heterocycles. The van der Waals surface area contributed by atoms with E-state index in [1.165, 1.54) is 0 Å². The molecule has 0 saturated carbocycles. The highest BCUT2D eigenvalue weighted by molar-refractivity contribution is 7.71. The largest absolute Gasteiger partial charge is 0.335 e. The van der Waals surface area contributed by atoms with Crippen LogP contribution in [0.3, 0.4) is 0 Å².